The lowest BCUT2D eigenvalue weighted by atomic mass is 9.90. The summed E-state index contributed by atoms with van der Waals surface area (Å²) < 4.78 is 5.99. The molecule has 1 aromatic rings. The summed E-state index contributed by atoms with van der Waals surface area (Å²) in [7, 11) is 0. The van der Waals surface area contributed by atoms with E-state index in [2.05, 4.69) is 47.0 Å². The van der Waals surface area contributed by atoms with Crippen LogP contribution in [0.4, 0.5) is 0 Å². The minimum atomic E-state index is 0.352. The molecule has 2 aliphatic rings. The summed E-state index contributed by atoms with van der Waals surface area (Å²) in [6, 6.07) is 10.9. The molecule has 18 heavy (non-hydrogen) atoms. The Labute approximate surface area is 114 Å². The summed E-state index contributed by atoms with van der Waals surface area (Å²) in [6.07, 6.45) is 2.68. The molecule has 2 atom stereocenters. The lowest BCUT2D eigenvalue weighted by Gasteiger charge is -2.39. The van der Waals surface area contributed by atoms with Gasteiger partial charge < -0.3 is 4.74 Å². The monoisotopic (exact) mass is 263 g/mol. The first-order chi connectivity index (χ1) is 8.93. The Morgan fingerprint density at radius 2 is 1.89 bits per heavy atom. The number of hydrogen-bond acceptors (Lipinski definition) is 3. The molecule has 0 radical (unpaired) electrons. The van der Waals surface area contributed by atoms with Crippen LogP contribution in [0.3, 0.4) is 0 Å². The Balaban J connectivity index is 1.64. The second-order valence-electron chi connectivity index (χ2n) is 5.11. The van der Waals surface area contributed by atoms with Crippen molar-refractivity contribution >= 4 is 11.8 Å². The molecule has 1 aromatic carbocycles. The molecule has 2 heterocycles. The van der Waals surface area contributed by atoms with Gasteiger partial charge in [0, 0.05) is 31.2 Å². The number of thioether (sulfide) groups is 1. The van der Waals surface area contributed by atoms with Crippen molar-refractivity contribution in [2.45, 2.75) is 25.0 Å². The van der Waals surface area contributed by atoms with Crippen molar-refractivity contribution < 1.29 is 4.74 Å². The smallest absolute Gasteiger partial charge is 0.111 e. The van der Waals surface area contributed by atoms with Crippen molar-refractivity contribution in [3.05, 3.63) is 35.9 Å². The number of benzene rings is 1. The second-order valence-corrected chi connectivity index (χ2v) is 6.33. The van der Waals surface area contributed by atoms with Crippen molar-refractivity contribution in [1.82, 2.24) is 4.90 Å². The highest BCUT2D eigenvalue weighted by molar-refractivity contribution is 7.99. The summed E-state index contributed by atoms with van der Waals surface area (Å²) in [6.45, 7) is 3.29. The van der Waals surface area contributed by atoms with Crippen molar-refractivity contribution in [2.75, 3.05) is 31.2 Å². The van der Waals surface area contributed by atoms with Crippen LogP contribution in [0.2, 0.25) is 0 Å². The standard InChI is InChI=1S/C15H21NOS/c1-2-4-13(5-3-1)14-6-9-17-15(12-14)16-7-10-18-11-8-16/h1-5,14-15H,6-12H2. The van der Waals surface area contributed by atoms with Crippen molar-refractivity contribution in [1.29, 1.82) is 0 Å². The van der Waals surface area contributed by atoms with Gasteiger partial charge in [0.05, 0.1) is 0 Å². The quantitative estimate of drug-likeness (QED) is 0.814. The maximum atomic E-state index is 5.99. The first kappa shape index (κ1) is 12.5. The van der Waals surface area contributed by atoms with E-state index >= 15 is 0 Å². The number of hydrogen-bond donors (Lipinski definition) is 0. The lowest BCUT2D eigenvalue weighted by Crippen LogP contribution is -2.45. The highest BCUT2D eigenvalue weighted by Crippen LogP contribution is 2.31. The summed E-state index contributed by atoms with van der Waals surface area (Å²) in [5, 5.41) is 0. The van der Waals surface area contributed by atoms with Crippen LogP contribution in [0.15, 0.2) is 30.3 Å². The van der Waals surface area contributed by atoms with Crippen LogP contribution < -0.4 is 0 Å². The second kappa shape index (κ2) is 6.09. The lowest BCUT2D eigenvalue weighted by molar-refractivity contribution is -0.0882. The van der Waals surface area contributed by atoms with E-state index in [4.69, 9.17) is 4.74 Å². The van der Waals surface area contributed by atoms with E-state index in [0.29, 0.717) is 12.1 Å². The normalized spacial score (nSPS) is 30.2. The summed E-state index contributed by atoms with van der Waals surface area (Å²) >= 11 is 2.06. The Morgan fingerprint density at radius 1 is 1.11 bits per heavy atom. The fraction of sp³-hybridized carbons (Fsp3) is 0.600. The van der Waals surface area contributed by atoms with Gasteiger partial charge in [-0.05, 0) is 24.3 Å². The van der Waals surface area contributed by atoms with Crippen LogP contribution in [0, 0.1) is 0 Å². The van der Waals surface area contributed by atoms with E-state index in [0.717, 1.165) is 13.0 Å². The summed E-state index contributed by atoms with van der Waals surface area (Å²) in [5.41, 5.74) is 1.48. The van der Waals surface area contributed by atoms with Crippen LogP contribution in [-0.2, 0) is 4.74 Å². The van der Waals surface area contributed by atoms with Crippen LogP contribution in [0.25, 0.3) is 0 Å². The van der Waals surface area contributed by atoms with Gasteiger partial charge in [0.25, 0.3) is 0 Å². The van der Waals surface area contributed by atoms with E-state index < -0.39 is 0 Å². The molecule has 0 bridgehead atoms. The maximum absolute atomic E-state index is 5.99. The van der Waals surface area contributed by atoms with Crippen molar-refractivity contribution in [3.63, 3.8) is 0 Å². The molecule has 2 nitrogen and oxygen atoms in total. The van der Waals surface area contributed by atoms with E-state index in [1.807, 2.05) is 0 Å². The molecule has 0 N–H and O–H groups in total. The molecule has 98 valence electrons. The molecule has 0 aliphatic carbocycles. The molecule has 2 aliphatic heterocycles. The van der Waals surface area contributed by atoms with E-state index in [-0.39, 0.29) is 0 Å². The molecule has 2 unspecified atom stereocenters. The minimum Gasteiger partial charge on any atom is -0.363 e. The van der Waals surface area contributed by atoms with Gasteiger partial charge >= 0.3 is 0 Å². The molecular formula is C15H21NOS. The summed E-state index contributed by atoms with van der Waals surface area (Å²) in [5.74, 6) is 3.20. The summed E-state index contributed by atoms with van der Waals surface area (Å²) in [4.78, 5) is 2.53. The van der Waals surface area contributed by atoms with Crippen LogP contribution in [0.1, 0.15) is 24.3 Å². The minimum absolute atomic E-state index is 0.352. The van der Waals surface area contributed by atoms with Crippen LogP contribution in [-0.4, -0.2) is 42.3 Å². The zero-order chi connectivity index (χ0) is 12.2. The molecule has 2 saturated heterocycles. The number of rotatable bonds is 2. The van der Waals surface area contributed by atoms with Crippen LogP contribution in [0.5, 0.6) is 0 Å². The Hall–Kier alpha value is -0.510. The topological polar surface area (TPSA) is 12.5 Å². The van der Waals surface area contributed by atoms with Gasteiger partial charge in [-0.15, -0.1) is 0 Å². The molecule has 0 saturated carbocycles. The first-order valence-electron chi connectivity index (χ1n) is 6.92. The molecule has 0 spiro atoms. The third-order valence-electron chi connectivity index (χ3n) is 3.99. The Morgan fingerprint density at radius 3 is 2.67 bits per heavy atom. The third-order valence-corrected chi connectivity index (χ3v) is 4.93. The van der Waals surface area contributed by atoms with Gasteiger partial charge in [0.1, 0.15) is 6.23 Å². The zero-order valence-corrected chi connectivity index (χ0v) is 11.6. The predicted octanol–water partition coefficient (Wildman–Crippen LogP) is 2.96. The van der Waals surface area contributed by atoms with Gasteiger partial charge in [0.15, 0.2) is 0 Å². The predicted molar refractivity (Wildman–Crippen MR) is 77.1 cm³/mol. The Kier molecular flexibility index (Phi) is 4.24. The van der Waals surface area contributed by atoms with Gasteiger partial charge in [-0.3, -0.25) is 4.90 Å². The fourth-order valence-electron chi connectivity index (χ4n) is 2.92. The van der Waals surface area contributed by atoms with Gasteiger partial charge in [0.2, 0.25) is 0 Å². The van der Waals surface area contributed by atoms with Gasteiger partial charge in [-0.1, -0.05) is 30.3 Å². The molecule has 3 heteroatoms. The largest absolute Gasteiger partial charge is 0.363 e. The zero-order valence-electron chi connectivity index (χ0n) is 10.8. The van der Waals surface area contributed by atoms with Crippen molar-refractivity contribution in [2.24, 2.45) is 0 Å². The van der Waals surface area contributed by atoms with Gasteiger partial charge in [-0.2, -0.15) is 11.8 Å². The molecule has 3 rings (SSSR count). The van der Waals surface area contributed by atoms with E-state index in [1.54, 1.807) is 0 Å². The molecular weight excluding hydrogens is 242 g/mol. The maximum Gasteiger partial charge on any atom is 0.111 e. The van der Waals surface area contributed by atoms with Crippen molar-refractivity contribution in [3.8, 4) is 0 Å². The highest BCUT2D eigenvalue weighted by atomic mass is 32.2. The molecule has 0 amide bonds. The third kappa shape index (κ3) is 2.90. The Bertz CT molecular complexity index is 364. The van der Waals surface area contributed by atoms with E-state index in [1.165, 1.54) is 36.6 Å². The number of ether oxygens (including phenoxy) is 1. The van der Waals surface area contributed by atoms with Crippen LogP contribution >= 0.6 is 11.8 Å². The fourth-order valence-corrected chi connectivity index (χ4v) is 3.85. The number of nitrogens with zero attached hydrogens (tertiary/aromatic N) is 1. The highest BCUT2D eigenvalue weighted by Gasteiger charge is 2.28. The SMILES string of the molecule is c1ccc(C2CCOC(N3CCSCC3)C2)cc1. The average molecular weight is 263 g/mol. The molecule has 0 aromatic heterocycles. The first-order valence-corrected chi connectivity index (χ1v) is 8.07. The van der Waals surface area contributed by atoms with Gasteiger partial charge in [-0.25, -0.2) is 0 Å². The van der Waals surface area contributed by atoms with E-state index in [9.17, 15) is 0 Å². The molecule has 2 fully saturated rings. The average Bonchev–Trinajstić information content (AvgIpc) is 2.49.